The van der Waals surface area contributed by atoms with Crippen molar-refractivity contribution in [2.75, 3.05) is 20.8 Å². The second kappa shape index (κ2) is 8.16. The zero-order valence-corrected chi connectivity index (χ0v) is 17.6. The van der Waals surface area contributed by atoms with Gasteiger partial charge in [-0.15, -0.1) is 0 Å². The molecule has 29 heavy (non-hydrogen) atoms. The Bertz CT molecular complexity index is 1200. The Hall–Kier alpha value is -3.00. The van der Waals surface area contributed by atoms with Crippen molar-refractivity contribution >= 4 is 20.7 Å². The molecule has 0 bridgehead atoms. The van der Waals surface area contributed by atoms with Crippen molar-refractivity contribution in [3.63, 3.8) is 0 Å². The summed E-state index contributed by atoms with van der Waals surface area (Å²) < 4.78 is 44.1. The number of ether oxygens (including phenoxy) is 3. The number of aromatic nitrogens is 1. The Balaban J connectivity index is 2.26. The van der Waals surface area contributed by atoms with Crippen molar-refractivity contribution in [1.29, 1.82) is 0 Å². The van der Waals surface area contributed by atoms with Gasteiger partial charge in [0.25, 0.3) is 0 Å². The molecule has 8 heteroatoms. The monoisotopic (exact) mass is 417 g/mol. The summed E-state index contributed by atoms with van der Waals surface area (Å²) in [5, 5.41) is 0.247. The van der Waals surface area contributed by atoms with E-state index in [0.717, 1.165) is 0 Å². The van der Waals surface area contributed by atoms with Gasteiger partial charge < -0.3 is 18.8 Å². The van der Waals surface area contributed by atoms with Crippen molar-refractivity contribution < 1.29 is 22.6 Å². The highest BCUT2D eigenvalue weighted by Crippen LogP contribution is 2.32. The average molecular weight is 417 g/mol. The summed E-state index contributed by atoms with van der Waals surface area (Å²) in [6.45, 7) is 4.66. The van der Waals surface area contributed by atoms with Crippen LogP contribution >= 0.6 is 0 Å². The summed E-state index contributed by atoms with van der Waals surface area (Å²) in [5.41, 5.74) is -0.0136. The first-order chi connectivity index (χ1) is 13.9. The molecule has 3 aromatic rings. The van der Waals surface area contributed by atoms with E-state index >= 15 is 0 Å². The number of methoxy groups -OCH3 is 2. The standard InChI is InChI=1S/C21H23NO6S/c1-5-22-13-20(29(24,25)15-9-7-14(8-10-15)28-6-2)21(23)16-11-18(26-3)19(27-4)12-17(16)22/h7-13H,5-6H2,1-4H3. The number of benzene rings is 2. The molecule has 0 spiro atoms. The maximum absolute atomic E-state index is 13.2. The topological polar surface area (TPSA) is 83.8 Å². The van der Waals surface area contributed by atoms with Gasteiger partial charge in [0, 0.05) is 18.8 Å². The number of pyridine rings is 1. The lowest BCUT2D eigenvalue weighted by molar-refractivity contribution is 0.340. The maximum Gasteiger partial charge on any atom is 0.211 e. The molecule has 0 N–H and O–H groups in total. The fourth-order valence-electron chi connectivity index (χ4n) is 3.15. The summed E-state index contributed by atoms with van der Waals surface area (Å²) in [6.07, 6.45) is 1.38. The third-order valence-corrected chi connectivity index (χ3v) is 6.39. The molecule has 0 saturated heterocycles. The van der Waals surface area contributed by atoms with Crippen LogP contribution in [0.25, 0.3) is 10.9 Å². The van der Waals surface area contributed by atoms with E-state index in [-0.39, 0.29) is 15.2 Å². The van der Waals surface area contributed by atoms with Crippen LogP contribution in [-0.4, -0.2) is 33.8 Å². The number of aryl methyl sites for hydroxylation is 1. The fraction of sp³-hybridized carbons (Fsp3) is 0.286. The van der Waals surface area contributed by atoms with E-state index < -0.39 is 15.3 Å². The van der Waals surface area contributed by atoms with Crippen LogP contribution in [0.1, 0.15) is 13.8 Å². The van der Waals surface area contributed by atoms with E-state index in [2.05, 4.69) is 0 Å². The summed E-state index contributed by atoms with van der Waals surface area (Å²) >= 11 is 0. The van der Waals surface area contributed by atoms with Crippen LogP contribution in [0.5, 0.6) is 17.2 Å². The lowest BCUT2D eigenvalue weighted by Crippen LogP contribution is -2.19. The van der Waals surface area contributed by atoms with E-state index in [1.54, 1.807) is 22.8 Å². The first-order valence-corrected chi connectivity index (χ1v) is 10.6. The van der Waals surface area contributed by atoms with Gasteiger partial charge in [0.15, 0.2) is 11.5 Å². The van der Waals surface area contributed by atoms with E-state index in [1.165, 1.54) is 38.6 Å². The molecule has 0 saturated carbocycles. The van der Waals surface area contributed by atoms with Crippen molar-refractivity contribution in [2.45, 2.75) is 30.2 Å². The average Bonchev–Trinajstić information content (AvgIpc) is 2.73. The van der Waals surface area contributed by atoms with Gasteiger partial charge in [-0.05, 0) is 44.2 Å². The van der Waals surface area contributed by atoms with E-state index in [0.29, 0.717) is 35.9 Å². The molecule has 0 amide bonds. The first-order valence-electron chi connectivity index (χ1n) is 9.14. The number of fused-ring (bicyclic) bond motifs is 1. The molecule has 0 aliphatic rings. The number of nitrogens with zero attached hydrogens (tertiary/aromatic N) is 1. The van der Waals surface area contributed by atoms with Crippen LogP contribution in [-0.2, 0) is 16.4 Å². The highest BCUT2D eigenvalue weighted by atomic mass is 32.2. The third kappa shape index (κ3) is 3.67. The van der Waals surface area contributed by atoms with Crippen LogP contribution in [0.3, 0.4) is 0 Å². The second-order valence-electron chi connectivity index (χ2n) is 6.24. The molecule has 0 fully saturated rings. The highest BCUT2D eigenvalue weighted by Gasteiger charge is 2.24. The van der Waals surface area contributed by atoms with Gasteiger partial charge in [0.2, 0.25) is 15.3 Å². The molecule has 3 rings (SSSR count). The van der Waals surface area contributed by atoms with E-state index in [4.69, 9.17) is 14.2 Å². The normalized spacial score (nSPS) is 11.4. The maximum atomic E-state index is 13.2. The molecular formula is C21H23NO6S. The molecule has 2 aromatic carbocycles. The van der Waals surface area contributed by atoms with Crippen molar-refractivity contribution in [3.8, 4) is 17.2 Å². The minimum absolute atomic E-state index is 0.0283. The molecule has 0 unspecified atom stereocenters. The lowest BCUT2D eigenvalue weighted by atomic mass is 10.2. The summed E-state index contributed by atoms with van der Waals surface area (Å²) in [7, 11) is -1.06. The molecule has 0 radical (unpaired) electrons. The number of sulfone groups is 1. The number of rotatable bonds is 7. The van der Waals surface area contributed by atoms with Gasteiger partial charge in [0.1, 0.15) is 10.6 Å². The Kier molecular flexibility index (Phi) is 5.83. The van der Waals surface area contributed by atoms with E-state index in [9.17, 15) is 13.2 Å². The molecule has 154 valence electrons. The van der Waals surface area contributed by atoms with Crippen molar-refractivity contribution in [2.24, 2.45) is 0 Å². The highest BCUT2D eigenvalue weighted by molar-refractivity contribution is 7.91. The van der Waals surface area contributed by atoms with Gasteiger partial charge in [0.05, 0.1) is 36.6 Å². The molecule has 7 nitrogen and oxygen atoms in total. The Morgan fingerprint density at radius 2 is 1.59 bits per heavy atom. The van der Waals surface area contributed by atoms with Gasteiger partial charge in [-0.1, -0.05) is 0 Å². The smallest absolute Gasteiger partial charge is 0.211 e. The third-order valence-electron chi connectivity index (χ3n) is 4.63. The zero-order valence-electron chi connectivity index (χ0n) is 16.8. The predicted octanol–water partition coefficient (Wildman–Crippen LogP) is 3.27. The van der Waals surface area contributed by atoms with Crippen molar-refractivity contribution in [3.05, 3.63) is 52.8 Å². The van der Waals surface area contributed by atoms with Crippen LogP contribution in [0, 0.1) is 0 Å². The minimum Gasteiger partial charge on any atom is -0.494 e. The van der Waals surface area contributed by atoms with Crippen LogP contribution < -0.4 is 19.6 Å². The summed E-state index contributed by atoms with van der Waals surface area (Å²) in [5.74, 6) is 1.38. The second-order valence-corrected chi connectivity index (χ2v) is 8.16. The number of hydrogen-bond acceptors (Lipinski definition) is 6. The zero-order chi connectivity index (χ0) is 21.2. The summed E-state index contributed by atoms with van der Waals surface area (Å²) in [6, 6.07) is 9.21. The van der Waals surface area contributed by atoms with Crippen LogP contribution in [0.15, 0.2) is 57.2 Å². The van der Waals surface area contributed by atoms with Gasteiger partial charge in [-0.3, -0.25) is 4.79 Å². The van der Waals surface area contributed by atoms with Crippen molar-refractivity contribution in [1.82, 2.24) is 4.57 Å². The Morgan fingerprint density at radius 3 is 2.14 bits per heavy atom. The predicted molar refractivity (Wildman–Crippen MR) is 110 cm³/mol. The Labute approximate surface area is 169 Å². The molecule has 0 aliphatic carbocycles. The fourth-order valence-corrected chi connectivity index (χ4v) is 4.52. The first kappa shape index (κ1) is 20.7. The molecule has 0 atom stereocenters. The van der Waals surface area contributed by atoms with Gasteiger partial charge >= 0.3 is 0 Å². The molecule has 0 aliphatic heterocycles. The quantitative estimate of drug-likeness (QED) is 0.587. The SMILES string of the molecule is CCOc1ccc(S(=O)(=O)c2cn(CC)c3cc(OC)c(OC)cc3c2=O)cc1. The van der Waals surface area contributed by atoms with Gasteiger partial charge in [-0.25, -0.2) is 8.42 Å². The Morgan fingerprint density at radius 1 is 0.966 bits per heavy atom. The largest absolute Gasteiger partial charge is 0.494 e. The molecular weight excluding hydrogens is 394 g/mol. The minimum atomic E-state index is -4.02. The van der Waals surface area contributed by atoms with E-state index in [1.807, 2.05) is 13.8 Å². The molecule has 1 heterocycles. The molecule has 1 aromatic heterocycles. The lowest BCUT2D eigenvalue weighted by Gasteiger charge is -2.15. The van der Waals surface area contributed by atoms with Gasteiger partial charge in [-0.2, -0.15) is 0 Å². The van der Waals surface area contributed by atoms with Crippen LogP contribution in [0.4, 0.5) is 0 Å². The van der Waals surface area contributed by atoms with Crippen LogP contribution in [0.2, 0.25) is 0 Å². The summed E-state index contributed by atoms with van der Waals surface area (Å²) in [4.78, 5) is 12.9. The number of hydrogen-bond donors (Lipinski definition) is 0.